The van der Waals surface area contributed by atoms with E-state index < -0.39 is 0 Å². The molecule has 0 spiro atoms. The fraction of sp³-hybridized carbons (Fsp3) is 0. The average molecular weight is 552 g/mol. The average Bonchev–Trinajstić information content (AvgIpc) is 3.62. The molecule has 0 saturated heterocycles. The first kappa shape index (κ1) is 22.4. The second-order valence-corrected chi connectivity index (χ2v) is 12.0. The zero-order valence-corrected chi connectivity index (χ0v) is 23.2. The van der Waals surface area contributed by atoms with Crippen LogP contribution in [0.15, 0.2) is 127 Å². The molecular weight excluding hydrogens is 531 g/mol. The van der Waals surface area contributed by atoms with Crippen molar-refractivity contribution in [1.82, 2.24) is 14.4 Å². The summed E-state index contributed by atoms with van der Waals surface area (Å²) in [5, 5.41) is 8.48. The van der Waals surface area contributed by atoms with Gasteiger partial charge in [-0.25, -0.2) is 9.97 Å². The van der Waals surface area contributed by atoms with Crippen molar-refractivity contribution < 1.29 is 0 Å². The number of benzene rings is 6. The van der Waals surface area contributed by atoms with Gasteiger partial charge < -0.3 is 0 Å². The molecule has 6 aromatic carbocycles. The third-order valence-corrected chi connectivity index (χ3v) is 9.91. The van der Waals surface area contributed by atoms with Gasteiger partial charge >= 0.3 is 0 Å². The Morgan fingerprint density at radius 2 is 1.29 bits per heavy atom. The molecule has 0 fully saturated rings. The molecule has 0 atom stereocenters. The SMILES string of the molecule is c1ccc2c(c1)ccc1c3cc(-c4c5ccccc5nc5c4sc4ccccc45)ccc3n3c4ccccc4nc3c21. The summed E-state index contributed by atoms with van der Waals surface area (Å²) >= 11 is 1.84. The minimum atomic E-state index is 1.00. The van der Waals surface area contributed by atoms with Gasteiger partial charge in [-0.15, -0.1) is 11.3 Å². The van der Waals surface area contributed by atoms with Crippen LogP contribution in [0, 0.1) is 0 Å². The molecule has 194 valence electrons. The van der Waals surface area contributed by atoms with E-state index in [1.54, 1.807) is 0 Å². The van der Waals surface area contributed by atoms with E-state index in [0.29, 0.717) is 0 Å². The highest BCUT2D eigenvalue weighted by Gasteiger charge is 2.19. The highest BCUT2D eigenvalue weighted by molar-refractivity contribution is 7.26. The van der Waals surface area contributed by atoms with Crippen LogP contribution in [0.1, 0.15) is 0 Å². The van der Waals surface area contributed by atoms with Crippen LogP contribution < -0.4 is 0 Å². The number of imidazole rings is 1. The van der Waals surface area contributed by atoms with Crippen LogP contribution in [0.5, 0.6) is 0 Å². The lowest BCUT2D eigenvalue weighted by molar-refractivity contribution is 1.32. The van der Waals surface area contributed by atoms with E-state index >= 15 is 0 Å². The molecule has 0 saturated carbocycles. The Labute approximate surface area is 243 Å². The van der Waals surface area contributed by atoms with Gasteiger partial charge in [0.1, 0.15) is 5.65 Å². The van der Waals surface area contributed by atoms with Crippen LogP contribution in [0.3, 0.4) is 0 Å². The Hall–Kier alpha value is -5.32. The third kappa shape index (κ3) is 2.89. The quantitative estimate of drug-likeness (QED) is 0.190. The molecule has 0 unspecified atom stereocenters. The standard InChI is InChI=1S/C38H21N3S/c1-2-10-24-22(9-1)17-19-25-28-21-23(18-20-31(28)41-32-15-7-6-14-30(32)40-38(41)35(24)25)34-26-11-3-5-13-29(26)39-36-27-12-4-8-16-33(27)42-37(34)36/h1-21H. The van der Waals surface area contributed by atoms with Gasteiger partial charge in [0, 0.05) is 31.8 Å². The monoisotopic (exact) mass is 551 g/mol. The molecule has 4 heteroatoms. The number of para-hydroxylation sites is 3. The fourth-order valence-corrected chi connectivity index (χ4v) is 8.12. The lowest BCUT2D eigenvalue weighted by atomic mass is 9.95. The fourth-order valence-electron chi connectivity index (χ4n) is 6.90. The van der Waals surface area contributed by atoms with E-state index in [9.17, 15) is 0 Å². The van der Waals surface area contributed by atoms with E-state index in [2.05, 4.69) is 132 Å². The van der Waals surface area contributed by atoms with Crippen molar-refractivity contribution in [2.24, 2.45) is 0 Å². The van der Waals surface area contributed by atoms with Gasteiger partial charge in [-0.2, -0.15) is 0 Å². The summed E-state index contributed by atoms with van der Waals surface area (Å²) in [6, 6.07) is 45.8. The number of aromatic nitrogens is 3. The number of hydrogen-bond donors (Lipinski definition) is 0. The second-order valence-electron chi connectivity index (χ2n) is 11.0. The van der Waals surface area contributed by atoms with E-state index in [1.807, 2.05) is 11.3 Å². The number of thiophene rings is 1. The van der Waals surface area contributed by atoms with Gasteiger partial charge in [-0.1, -0.05) is 91.0 Å². The van der Waals surface area contributed by atoms with E-state index in [4.69, 9.17) is 9.97 Å². The minimum Gasteiger partial charge on any atom is -0.292 e. The summed E-state index contributed by atoms with van der Waals surface area (Å²) in [6.45, 7) is 0. The van der Waals surface area contributed by atoms with Gasteiger partial charge in [0.05, 0.1) is 32.3 Å². The van der Waals surface area contributed by atoms with E-state index in [1.165, 1.54) is 58.2 Å². The normalized spacial score (nSPS) is 12.3. The van der Waals surface area contributed by atoms with Gasteiger partial charge in [0.15, 0.2) is 0 Å². The number of rotatable bonds is 1. The largest absolute Gasteiger partial charge is 0.292 e. The molecule has 0 N–H and O–H groups in total. The first-order valence-corrected chi connectivity index (χ1v) is 15.0. The Morgan fingerprint density at radius 3 is 2.21 bits per heavy atom. The summed E-state index contributed by atoms with van der Waals surface area (Å²) in [4.78, 5) is 10.4. The molecule has 10 rings (SSSR count). The van der Waals surface area contributed by atoms with Gasteiger partial charge in [-0.3, -0.25) is 4.40 Å². The third-order valence-electron chi connectivity index (χ3n) is 8.73. The van der Waals surface area contributed by atoms with Crippen molar-refractivity contribution in [1.29, 1.82) is 0 Å². The molecule has 4 heterocycles. The molecule has 0 aliphatic heterocycles. The van der Waals surface area contributed by atoms with Gasteiger partial charge in [0.25, 0.3) is 0 Å². The lowest BCUT2D eigenvalue weighted by Crippen LogP contribution is -1.94. The van der Waals surface area contributed by atoms with Crippen LogP contribution in [0.25, 0.3) is 91.5 Å². The van der Waals surface area contributed by atoms with Crippen molar-refractivity contribution in [3.05, 3.63) is 127 Å². The number of fused-ring (bicyclic) bond motifs is 14. The molecule has 0 radical (unpaired) electrons. The van der Waals surface area contributed by atoms with Crippen LogP contribution in [-0.2, 0) is 0 Å². The van der Waals surface area contributed by atoms with Crippen molar-refractivity contribution in [3.8, 4) is 11.1 Å². The zero-order chi connectivity index (χ0) is 27.4. The first-order chi connectivity index (χ1) is 20.8. The Bertz CT molecular complexity index is 2750. The highest BCUT2D eigenvalue weighted by Crippen LogP contribution is 2.44. The van der Waals surface area contributed by atoms with Crippen molar-refractivity contribution in [3.63, 3.8) is 0 Å². The second kappa shape index (κ2) is 8.12. The molecule has 0 amide bonds. The summed E-state index contributed by atoms with van der Waals surface area (Å²) in [5.74, 6) is 0. The molecule has 0 aliphatic carbocycles. The minimum absolute atomic E-state index is 1.00. The highest BCUT2D eigenvalue weighted by atomic mass is 32.1. The molecule has 4 aromatic heterocycles. The maximum Gasteiger partial charge on any atom is 0.147 e. The maximum atomic E-state index is 5.19. The summed E-state index contributed by atoms with van der Waals surface area (Å²) in [7, 11) is 0. The van der Waals surface area contributed by atoms with Crippen LogP contribution in [-0.4, -0.2) is 14.4 Å². The van der Waals surface area contributed by atoms with Crippen molar-refractivity contribution in [2.45, 2.75) is 0 Å². The van der Waals surface area contributed by atoms with Gasteiger partial charge in [-0.05, 0) is 58.1 Å². The van der Waals surface area contributed by atoms with Crippen LogP contribution >= 0.6 is 11.3 Å². The van der Waals surface area contributed by atoms with Crippen LogP contribution in [0.2, 0.25) is 0 Å². The number of pyridine rings is 2. The molecule has 0 bridgehead atoms. The van der Waals surface area contributed by atoms with E-state index in [0.717, 1.165) is 33.2 Å². The van der Waals surface area contributed by atoms with Crippen LogP contribution in [0.4, 0.5) is 0 Å². The van der Waals surface area contributed by atoms with Gasteiger partial charge in [0.2, 0.25) is 0 Å². The molecule has 0 aliphatic rings. The summed E-state index contributed by atoms with van der Waals surface area (Å²) in [5.41, 5.74) is 8.86. The molecule has 42 heavy (non-hydrogen) atoms. The topological polar surface area (TPSA) is 30.2 Å². The summed E-state index contributed by atoms with van der Waals surface area (Å²) in [6.07, 6.45) is 0. The Kier molecular flexibility index (Phi) is 4.33. The first-order valence-electron chi connectivity index (χ1n) is 14.2. The molecule has 3 nitrogen and oxygen atoms in total. The summed E-state index contributed by atoms with van der Waals surface area (Å²) < 4.78 is 4.85. The maximum absolute atomic E-state index is 5.19. The molecule has 10 aromatic rings. The lowest BCUT2D eigenvalue weighted by Gasteiger charge is -2.14. The zero-order valence-electron chi connectivity index (χ0n) is 22.4. The van der Waals surface area contributed by atoms with Crippen molar-refractivity contribution in [2.75, 3.05) is 0 Å². The Morgan fingerprint density at radius 1 is 0.524 bits per heavy atom. The Balaban J connectivity index is 1.42. The number of hydrogen-bond acceptors (Lipinski definition) is 3. The predicted molar refractivity (Wildman–Crippen MR) is 179 cm³/mol. The van der Waals surface area contributed by atoms with Crippen molar-refractivity contribution >= 4 is 91.7 Å². The smallest absolute Gasteiger partial charge is 0.147 e. The molecular formula is C38H21N3S. The number of nitrogens with zero attached hydrogens (tertiary/aromatic N) is 3. The van der Waals surface area contributed by atoms with E-state index in [-0.39, 0.29) is 0 Å². The predicted octanol–water partition coefficient (Wildman–Crippen LogP) is 10.5.